The molecule has 1 heterocycles. The van der Waals surface area contributed by atoms with Crippen LogP contribution in [0.25, 0.3) is 0 Å². The lowest BCUT2D eigenvalue weighted by atomic mass is 9.68. The van der Waals surface area contributed by atoms with Crippen LogP contribution in [0.3, 0.4) is 0 Å². The van der Waals surface area contributed by atoms with Crippen molar-refractivity contribution in [1.82, 2.24) is 4.98 Å². The zero-order valence-electron chi connectivity index (χ0n) is 11.9. The molecule has 0 radical (unpaired) electrons. The van der Waals surface area contributed by atoms with Crippen LogP contribution in [0.1, 0.15) is 45.4 Å². The maximum absolute atomic E-state index is 6.10. The van der Waals surface area contributed by atoms with Crippen molar-refractivity contribution in [2.45, 2.75) is 45.4 Å². The smallest absolute Gasteiger partial charge is 0.138 e. The Morgan fingerprint density at radius 1 is 1.40 bits per heavy atom. The SMILES string of the molecule is CCC1(COc2cc(Cl)ncc2Br)CC2CCC(C2)C1. The Kier molecular flexibility index (Phi) is 4.28. The Labute approximate surface area is 134 Å². The van der Waals surface area contributed by atoms with Gasteiger partial charge in [-0.3, -0.25) is 0 Å². The zero-order chi connectivity index (χ0) is 14.2. The summed E-state index contributed by atoms with van der Waals surface area (Å²) < 4.78 is 6.99. The lowest BCUT2D eigenvalue weighted by molar-refractivity contribution is 0.0595. The largest absolute Gasteiger partial charge is 0.492 e. The number of fused-ring (bicyclic) bond motifs is 2. The summed E-state index contributed by atoms with van der Waals surface area (Å²) in [6.07, 6.45) is 9.88. The summed E-state index contributed by atoms with van der Waals surface area (Å²) in [5, 5.41) is 0.484. The van der Waals surface area contributed by atoms with E-state index in [1.165, 1.54) is 38.5 Å². The highest BCUT2D eigenvalue weighted by Crippen LogP contribution is 2.52. The Bertz CT molecular complexity index is 481. The quantitative estimate of drug-likeness (QED) is 0.665. The van der Waals surface area contributed by atoms with Crippen LogP contribution in [-0.2, 0) is 0 Å². The predicted molar refractivity (Wildman–Crippen MR) is 85.2 cm³/mol. The normalized spacial score (nSPS) is 32.4. The van der Waals surface area contributed by atoms with Gasteiger partial charge in [-0.2, -0.15) is 0 Å². The van der Waals surface area contributed by atoms with Crippen LogP contribution < -0.4 is 4.74 Å². The third-order valence-electron chi connectivity index (χ3n) is 5.16. The van der Waals surface area contributed by atoms with Crippen molar-refractivity contribution in [3.8, 4) is 5.75 Å². The average molecular weight is 359 g/mol. The molecule has 0 saturated heterocycles. The van der Waals surface area contributed by atoms with Crippen LogP contribution in [0.15, 0.2) is 16.7 Å². The molecule has 20 heavy (non-hydrogen) atoms. The number of hydrogen-bond donors (Lipinski definition) is 0. The molecule has 2 aliphatic carbocycles. The van der Waals surface area contributed by atoms with E-state index in [0.717, 1.165) is 28.7 Å². The van der Waals surface area contributed by atoms with E-state index in [0.29, 0.717) is 10.6 Å². The van der Waals surface area contributed by atoms with Crippen molar-refractivity contribution in [2.75, 3.05) is 6.61 Å². The van der Waals surface area contributed by atoms with Crippen molar-refractivity contribution in [1.29, 1.82) is 0 Å². The highest BCUT2D eigenvalue weighted by Gasteiger charge is 2.43. The maximum Gasteiger partial charge on any atom is 0.138 e. The fourth-order valence-electron chi connectivity index (χ4n) is 4.10. The molecule has 2 atom stereocenters. The van der Waals surface area contributed by atoms with E-state index in [-0.39, 0.29) is 0 Å². The number of pyridine rings is 1. The third kappa shape index (κ3) is 2.99. The van der Waals surface area contributed by atoms with Gasteiger partial charge in [-0.05, 0) is 53.4 Å². The molecular weight excluding hydrogens is 338 g/mol. The van der Waals surface area contributed by atoms with Gasteiger partial charge in [0.2, 0.25) is 0 Å². The Hall–Kier alpha value is -0.280. The molecule has 2 aliphatic rings. The van der Waals surface area contributed by atoms with Crippen molar-refractivity contribution >= 4 is 27.5 Å². The minimum Gasteiger partial charge on any atom is -0.492 e. The van der Waals surface area contributed by atoms with E-state index in [2.05, 4.69) is 27.8 Å². The van der Waals surface area contributed by atoms with Crippen molar-refractivity contribution < 1.29 is 4.74 Å². The number of ether oxygens (including phenoxy) is 1. The summed E-state index contributed by atoms with van der Waals surface area (Å²) >= 11 is 9.44. The van der Waals surface area contributed by atoms with Gasteiger partial charge in [0.15, 0.2) is 0 Å². The molecular formula is C16H21BrClNO. The second-order valence-electron chi connectivity index (χ2n) is 6.53. The summed E-state index contributed by atoms with van der Waals surface area (Å²) in [4.78, 5) is 4.04. The summed E-state index contributed by atoms with van der Waals surface area (Å²) in [7, 11) is 0. The van der Waals surface area contributed by atoms with E-state index >= 15 is 0 Å². The summed E-state index contributed by atoms with van der Waals surface area (Å²) in [6.45, 7) is 3.11. The molecule has 1 aromatic rings. The van der Waals surface area contributed by atoms with E-state index in [4.69, 9.17) is 16.3 Å². The van der Waals surface area contributed by atoms with Gasteiger partial charge in [0.1, 0.15) is 10.9 Å². The Morgan fingerprint density at radius 3 is 2.75 bits per heavy atom. The van der Waals surface area contributed by atoms with Crippen molar-refractivity contribution in [2.24, 2.45) is 17.3 Å². The van der Waals surface area contributed by atoms with Crippen LogP contribution in [0, 0.1) is 17.3 Å². The molecule has 0 aromatic carbocycles. The Balaban J connectivity index is 1.71. The maximum atomic E-state index is 6.10. The van der Waals surface area contributed by atoms with Gasteiger partial charge in [-0.15, -0.1) is 0 Å². The average Bonchev–Trinajstić information content (AvgIpc) is 2.79. The molecule has 2 nitrogen and oxygen atoms in total. The van der Waals surface area contributed by atoms with Gasteiger partial charge in [-0.1, -0.05) is 31.4 Å². The highest BCUT2D eigenvalue weighted by atomic mass is 79.9. The van der Waals surface area contributed by atoms with Crippen LogP contribution in [-0.4, -0.2) is 11.6 Å². The first-order valence-electron chi connectivity index (χ1n) is 7.54. The monoisotopic (exact) mass is 357 g/mol. The van der Waals surface area contributed by atoms with Crippen LogP contribution in [0.4, 0.5) is 0 Å². The van der Waals surface area contributed by atoms with Gasteiger partial charge in [0.05, 0.1) is 11.1 Å². The minimum atomic E-state index is 0.360. The number of hydrogen-bond acceptors (Lipinski definition) is 2. The number of nitrogens with zero attached hydrogens (tertiary/aromatic N) is 1. The topological polar surface area (TPSA) is 22.1 Å². The van der Waals surface area contributed by atoms with Gasteiger partial charge in [0.25, 0.3) is 0 Å². The molecule has 2 fully saturated rings. The first-order valence-corrected chi connectivity index (χ1v) is 8.71. The third-order valence-corrected chi connectivity index (χ3v) is 5.97. The standard InChI is InChI=1S/C16H21BrClNO/c1-2-16(7-11-3-4-12(5-11)8-16)10-20-14-6-15(18)19-9-13(14)17/h6,9,11-12H,2-5,7-8,10H2,1H3. The molecule has 0 N–H and O–H groups in total. The molecule has 1 aromatic heterocycles. The van der Waals surface area contributed by atoms with E-state index in [1.807, 2.05) is 0 Å². The van der Waals surface area contributed by atoms with E-state index in [9.17, 15) is 0 Å². The zero-order valence-corrected chi connectivity index (χ0v) is 14.2. The summed E-state index contributed by atoms with van der Waals surface area (Å²) in [5.41, 5.74) is 0.360. The number of aromatic nitrogens is 1. The molecule has 110 valence electrons. The van der Waals surface area contributed by atoms with Crippen LogP contribution in [0.5, 0.6) is 5.75 Å². The van der Waals surface area contributed by atoms with Crippen molar-refractivity contribution in [3.05, 3.63) is 21.9 Å². The van der Waals surface area contributed by atoms with Gasteiger partial charge < -0.3 is 4.74 Å². The fourth-order valence-corrected chi connectivity index (χ4v) is 4.58. The predicted octanol–water partition coefficient (Wildman–Crippen LogP) is 5.48. The first-order chi connectivity index (χ1) is 9.60. The van der Waals surface area contributed by atoms with Gasteiger partial charge >= 0.3 is 0 Å². The number of halogens is 2. The molecule has 2 unspecified atom stereocenters. The minimum absolute atomic E-state index is 0.360. The lowest BCUT2D eigenvalue weighted by Gasteiger charge is -2.40. The summed E-state index contributed by atoms with van der Waals surface area (Å²) in [6, 6.07) is 1.80. The van der Waals surface area contributed by atoms with E-state index < -0.39 is 0 Å². The second-order valence-corrected chi connectivity index (χ2v) is 7.77. The van der Waals surface area contributed by atoms with Crippen molar-refractivity contribution in [3.63, 3.8) is 0 Å². The molecule has 2 saturated carbocycles. The molecule has 0 spiro atoms. The second kappa shape index (κ2) is 5.84. The van der Waals surface area contributed by atoms with Gasteiger partial charge in [-0.25, -0.2) is 4.98 Å². The molecule has 3 rings (SSSR count). The first kappa shape index (κ1) is 14.6. The Morgan fingerprint density at radius 2 is 2.10 bits per heavy atom. The highest BCUT2D eigenvalue weighted by molar-refractivity contribution is 9.10. The van der Waals surface area contributed by atoms with Crippen LogP contribution >= 0.6 is 27.5 Å². The van der Waals surface area contributed by atoms with E-state index in [1.54, 1.807) is 12.3 Å². The van der Waals surface area contributed by atoms with Gasteiger partial charge in [0, 0.05) is 17.7 Å². The molecule has 0 amide bonds. The fraction of sp³-hybridized carbons (Fsp3) is 0.688. The molecule has 2 bridgehead atoms. The molecule has 0 aliphatic heterocycles. The number of rotatable bonds is 4. The molecule has 4 heteroatoms. The lowest BCUT2D eigenvalue weighted by Crippen LogP contribution is -2.34. The van der Waals surface area contributed by atoms with Crippen LogP contribution in [0.2, 0.25) is 5.15 Å². The summed E-state index contributed by atoms with van der Waals surface area (Å²) in [5.74, 6) is 2.68.